The zero-order valence-electron chi connectivity index (χ0n) is 8.95. The van der Waals surface area contributed by atoms with E-state index in [2.05, 4.69) is 12.6 Å². The van der Waals surface area contributed by atoms with Gasteiger partial charge in [0.05, 0.1) is 6.61 Å². The van der Waals surface area contributed by atoms with Gasteiger partial charge in [-0.25, -0.2) is 4.39 Å². The highest BCUT2D eigenvalue weighted by atomic mass is 32.1. The van der Waals surface area contributed by atoms with E-state index in [4.69, 9.17) is 10.00 Å². The third-order valence-electron chi connectivity index (χ3n) is 2.15. The Labute approximate surface area is 100 Å². The molecule has 0 aliphatic carbocycles. The number of thiol groups is 1. The molecule has 1 aromatic rings. The Kier molecular flexibility index (Phi) is 5.73. The highest BCUT2D eigenvalue weighted by Gasteiger charge is 2.07. The first-order valence-corrected chi connectivity index (χ1v) is 5.85. The molecule has 0 saturated carbocycles. The monoisotopic (exact) mass is 239 g/mol. The summed E-state index contributed by atoms with van der Waals surface area (Å²) >= 11 is 4.10. The Bertz CT molecular complexity index is 376. The first-order valence-electron chi connectivity index (χ1n) is 5.22. The van der Waals surface area contributed by atoms with E-state index in [0.29, 0.717) is 12.4 Å². The Morgan fingerprint density at radius 3 is 2.81 bits per heavy atom. The van der Waals surface area contributed by atoms with Gasteiger partial charge < -0.3 is 4.74 Å². The van der Waals surface area contributed by atoms with E-state index >= 15 is 0 Å². The second kappa shape index (κ2) is 7.13. The van der Waals surface area contributed by atoms with Gasteiger partial charge in [-0.15, -0.1) is 0 Å². The second-order valence-corrected chi connectivity index (χ2v) is 3.80. The van der Waals surface area contributed by atoms with Crippen LogP contribution >= 0.6 is 12.6 Å². The molecule has 1 aromatic carbocycles. The molecule has 16 heavy (non-hydrogen) atoms. The molecule has 1 rings (SSSR count). The molecule has 0 amide bonds. The minimum Gasteiger partial charge on any atom is -0.492 e. The van der Waals surface area contributed by atoms with E-state index in [9.17, 15) is 4.39 Å². The van der Waals surface area contributed by atoms with Crippen LogP contribution in [0.25, 0.3) is 0 Å². The fourth-order valence-corrected chi connectivity index (χ4v) is 1.53. The molecule has 4 heteroatoms. The fourth-order valence-electron chi connectivity index (χ4n) is 1.31. The lowest BCUT2D eigenvalue weighted by Gasteiger charge is -2.07. The Morgan fingerprint density at radius 2 is 2.12 bits per heavy atom. The summed E-state index contributed by atoms with van der Waals surface area (Å²) in [4.78, 5) is 0. The lowest BCUT2D eigenvalue weighted by Crippen LogP contribution is -2.00. The predicted octanol–water partition coefficient (Wildman–Crippen LogP) is 3.18. The molecule has 0 spiro atoms. The van der Waals surface area contributed by atoms with Crippen molar-refractivity contribution in [1.82, 2.24) is 0 Å². The Morgan fingerprint density at radius 1 is 1.31 bits per heavy atom. The van der Waals surface area contributed by atoms with E-state index < -0.39 is 5.82 Å². The zero-order chi connectivity index (χ0) is 11.8. The van der Waals surface area contributed by atoms with Crippen LogP contribution in [-0.4, -0.2) is 12.4 Å². The van der Waals surface area contributed by atoms with Crippen molar-refractivity contribution < 1.29 is 9.13 Å². The van der Waals surface area contributed by atoms with Crippen molar-refractivity contribution in [2.45, 2.75) is 19.3 Å². The summed E-state index contributed by atoms with van der Waals surface area (Å²) in [5, 5.41) is 8.76. The molecule has 0 bridgehead atoms. The molecule has 0 atom stereocenters. The number of ether oxygens (including phenoxy) is 1. The number of hydrogen-bond donors (Lipinski definition) is 1. The maximum absolute atomic E-state index is 13.2. The van der Waals surface area contributed by atoms with Gasteiger partial charge in [-0.1, -0.05) is 6.07 Å². The first-order chi connectivity index (χ1) is 7.79. The van der Waals surface area contributed by atoms with Crippen LogP contribution in [0.2, 0.25) is 0 Å². The summed E-state index contributed by atoms with van der Waals surface area (Å²) in [7, 11) is 0. The van der Waals surface area contributed by atoms with Crippen LogP contribution in [0.3, 0.4) is 0 Å². The van der Waals surface area contributed by atoms with Crippen LogP contribution in [0, 0.1) is 17.1 Å². The van der Waals surface area contributed by atoms with Gasteiger partial charge in [0.2, 0.25) is 0 Å². The largest absolute Gasteiger partial charge is 0.492 e. The Hall–Kier alpha value is -1.21. The highest BCUT2D eigenvalue weighted by Crippen LogP contribution is 2.20. The number of halogens is 1. The molecule has 2 nitrogen and oxygen atoms in total. The highest BCUT2D eigenvalue weighted by molar-refractivity contribution is 7.80. The van der Waals surface area contributed by atoms with Crippen LogP contribution in [0.5, 0.6) is 5.75 Å². The van der Waals surface area contributed by atoms with Crippen molar-refractivity contribution in [1.29, 1.82) is 5.26 Å². The molecule has 0 aliphatic heterocycles. The van der Waals surface area contributed by atoms with Crippen molar-refractivity contribution in [3.05, 3.63) is 29.6 Å². The molecule has 86 valence electrons. The molecule has 0 unspecified atom stereocenters. The SMILES string of the molecule is N#Cc1c(F)cccc1OCCCCCS. The lowest BCUT2D eigenvalue weighted by atomic mass is 10.2. The fraction of sp³-hybridized carbons (Fsp3) is 0.417. The smallest absolute Gasteiger partial charge is 0.144 e. The summed E-state index contributed by atoms with van der Waals surface area (Å²) in [5.41, 5.74) is -0.0169. The van der Waals surface area contributed by atoms with Crippen LogP contribution in [0.15, 0.2) is 18.2 Å². The number of unbranched alkanes of at least 4 members (excludes halogenated alkanes) is 2. The molecular formula is C12H14FNOS. The van der Waals surface area contributed by atoms with Gasteiger partial charge >= 0.3 is 0 Å². The van der Waals surface area contributed by atoms with E-state index in [1.54, 1.807) is 18.2 Å². The number of rotatable bonds is 6. The minimum absolute atomic E-state index is 0.0169. The average molecular weight is 239 g/mol. The van der Waals surface area contributed by atoms with E-state index in [1.165, 1.54) is 6.07 Å². The first kappa shape index (κ1) is 12.9. The molecular weight excluding hydrogens is 225 g/mol. The van der Waals surface area contributed by atoms with Gasteiger partial charge in [-0.3, -0.25) is 0 Å². The molecule has 0 fully saturated rings. The van der Waals surface area contributed by atoms with E-state index in [0.717, 1.165) is 25.0 Å². The van der Waals surface area contributed by atoms with Crippen molar-refractivity contribution >= 4 is 12.6 Å². The number of benzene rings is 1. The van der Waals surface area contributed by atoms with Gasteiger partial charge in [-0.2, -0.15) is 17.9 Å². The van der Waals surface area contributed by atoms with Gasteiger partial charge in [0.1, 0.15) is 23.2 Å². The molecule has 0 aliphatic rings. The Balaban J connectivity index is 2.48. The number of hydrogen-bond acceptors (Lipinski definition) is 3. The maximum atomic E-state index is 13.2. The minimum atomic E-state index is -0.532. The van der Waals surface area contributed by atoms with Gasteiger partial charge in [0, 0.05) is 0 Å². The third kappa shape index (κ3) is 3.74. The molecule has 0 N–H and O–H groups in total. The number of nitriles is 1. The van der Waals surface area contributed by atoms with Crippen molar-refractivity contribution in [2.75, 3.05) is 12.4 Å². The summed E-state index contributed by atoms with van der Waals surface area (Å²) in [6.45, 7) is 0.506. The molecule has 0 heterocycles. The van der Waals surface area contributed by atoms with Gasteiger partial charge in [-0.05, 0) is 37.1 Å². The normalized spacial score (nSPS) is 9.81. The maximum Gasteiger partial charge on any atom is 0.144 e. The average Bonchev–Trinajstić information content (AvgIpc) is 2.29. The van der Waals surface area contributed by atoms with Crippen molar-refractivity contribution in [3.63, 3.8) is 0 Å². The van der Waals surface area contributed by atoms with E-state index in [-0.39, 0.29) is 5.56 Å². The topological polar surface area (TPSA) is 33.0 Å². The van der Waals surface area contributed by atoms with Gasteiger partial charge in [0.15, 0.2) is 0 Å². The van der Waals surface area contributed by atoms with Crippen LogP contribution in [0.4, 0.5) is 4.39 Å². The summed E-state index contributed by atoms with van der Waals surface area (Å²) in [5.74, 6) is 0.660. The quantitative estimate of drug-likeness (QED) is 0.611. The standard InChI is InChI=1S/C12H14FNOS/c13-11-5-4-6-12(10(11)9-14)15-7-2-1-3-8-16/h4-6,16H,1-3,7-8H2. The summed E-state index contributed by atoms with van der Waals surface area (Å²) in [6, 6.07) is 6.21. The van der Waals surface area contributed by atoms with Crippen LogP contribution in [0.1, 0.15) is 24.8 Å². The van der Waals surface area contributed by atoms with Gasteiger partial charge in [0.25, 0.3) is 0 Å². The molecule has 0 radical (unpaired) electrons. The third-order valence-corrected chi connectivity index (χ3v) is 2.46. The second-order valence-electron chi connectivity index (χ2n) is 3.36. The van der Waals surface area contributed by atoms with E-state index in [1.807, 2.05) is 0 Å². The lowest BCUT2D eigenvalue weighted by molar-refractivity contribution is 0.304. The van der Waals surface area contributed by atoms with Crippen molar-refractivity contribution in [3.8, 4) is 11.8 Å². The van der Waals surface area contributed by atoms with Crippen molar-refractivity contribution in [2.24, 2.45) is 0 Å². The number of nitrogens with zero attached hydrogens (tertiary/aromatic N) is 1. The van der Waals surface area contributed by atoms with Crippen LogP contribution in [-0.2, 0) is 0 Å². The molecule has 0 aromatic heterocycles. The summed E-state index contributed by atoms with van der Waals surface area (Å²) < 4.78 is 18.5. The summed E-state index contributed by atoms with van der Waals surface area (Å²) in [6.07, 6.45) is 2.96. The van der Waals surface area contributed by atoms with Crippen LogP contribution < -0.4 is 4.74 Å². The zero-order valence-corrected chi connectivity index (χ0v) is 9.84. The molecule has 0 saturated heterocycles. The predicted molar refractivity (Wildman–Crippen MR) is 64.3 cm³/mol.